The van der Waals surface area contributed by atoms with E-state index in [1.165, 1.54) is 12.1 Å². The van der Waals surface area contributed by atoms with Gasteiger partial charge >= 0.3 is 6.36 Å². The van der Waals surface area contributed by atoms with Gasteiger partial charge in [0.1, 0.15) is 5.75 Å². The number of piperidine rings is 1. The molecule has 3 heterocycles. The van der Waals surface area contributed by atoms with Gasteiger partial charge in [-0.1, -0.05) is 0 Å². The summed E-state index contributed by atoms with van der Waals surface area (Å²) in [4.78, 5) is 29.9. The van der Waals surface area contributed by atoms with Crippen LogP contribution in [0.5, 0.6) is 5.75 Å². The summed E-state index contributed by atoms with van der Waals surface area (Å²) in [6.45, 7) is 8.05. The molecule has 3 aromatic rings. The Bertz CT molecular complexity index is 1360. The molecule has 2 aromatic carbocycles. The molecule has 5 rings (SSSR count). The quantitative estimate of drug-likeness (QED) is 0.333. The van der Waals surface area contributed by atoms with Gasteiger partial charge in [0.15, 0.2) is 5.78 Å². The van der Waals surface area contributed by atoms with Gasteiger partial charge in [0.05, 0.1) is 18.7 Å². The Morgan fingerprint density at radius 3 is 2.44 bits per heavy atom. The molecule has 0 aliphatic carbocycles. The van der Waals surface area contributed by atoms with Crippen molar-refractivity contribution < 1.29 is 32.2 Å². The summed E-state index contributed by atoms with van der Waals surface area (Å²) in [7, 11) is 0. The number of carbonyl (C=O) groups is 2. The van der Waals surface area contributed by atoms with E-state index in [-0.39, 0.29) is 17.4 Å². The first kappa shape index (κ1) is 29.1. The van der Waals surface area contributed by atoms with E-state index in [1.807, 2.05) is 29.9 Å². The minimum Gasteiger partial charge on any atom is -0.406 e. The van der Waals surface area contributed by atoms with Gasteiger partial charge < -0.3 is 14.4 Å². The fraction of sp³-hybridized carbons (Fsp3) is 0.500. The van der Waals surface area contributed by atoms with Gasteiger partial charge in [-0.05, 0) is 80.6 Å². The van der Waals surface area contributed by atoms with Crippen molar-refractivity contribution in [1.82, 2.24) is 19.6 Å². The Kier molecular flexibility index (Phi) is 8.94. The Hall–Kier alpha value is -3.44. The molecule has 0 atom stereocenters. The Balaban J connectivity index is 1.13. The van der Waals surface area contributed by atoms with Crippen LogP contribution in [0.2, 0.25) is 0 Å². The van der Waals surface area contributed by atoms with Gasteiger partial charge in [-0.25, -0.2) is 0 Å². The number of alkyl halides is 3. The Morgan fingerprint density at radius 2 is 1.76 bits per heavy atom. The average molecular weight is 573 g/mol. The maximum Gasteiger partial charge on any atom is 0.573 e. The van der Waals surface area contributed by atoms with E-state index < -0.39 is 6.36 Å². The van der Waals surface area contributed by atoms with Crippen LogP contribution < -0.4 is 4.74 Å². The second kappa shape index (κ2) is 12.6. The minimum atomic E-state index is -4.77. The lowest BCUT2D eigenvalue weighted by Gasteiger charge is -2.32. The monoisotopic (exact) mass is 572 g/mol. The van der Waals surface area contributed by atoms with Gasteiger partial charge in [0.2, 0.25) is 0 Å². The topological polar surface area (TPSA) is 76.9 Å². The molecule has 8 nitrogen and oxygen atoms in total. The maximum absolute atomic E-state index is 13.0. The van der Waals surface area contributed by atoms with Crippen LogP contribution in [0.1, 0.15) is 52.0 Å². The van der Waals surface area contributed by atoms with Gasteiger partial charge in [-0.3, -0.25) is 19.2 Å². The molecule has 11 heteroatoms. The highest BCUT2D eigenvalue weighted by Gasteiger charge is 2.31. The van der Waals surface area contributed by atoms with E-state index in [4.69, 9.17) is 9.84 Å². The van der Waals surface area contributed by atoms with Crippen molar-refractivity contribution in [3.63, 3.8) is 0 Å². The van der Waals surface area contributed by atoms with E-state index in [0.717, 1.165) is 86.3 Å². The molecular formula is C30H35F3N4O4. The number of likely N-dealkylation sites (tertiary alicyclic amines) is 1. The number of fused-ring (bicyclic) bond motifs is 1. The fourth-order valence-corrected chi connectivity index (χ4v) is 5.61. The molecule has 2 aliphatic rings. The predicted molar refractivity (Wildman–Crippen MR) is 147 cm³/mol. The average Bonchev–Trinajstić information content (AvgIpc) is 3.33. The van der Waals surface area contributed by atoms with E-state index in [9.17, 15) is 22.8 Å². The lowest BCUT2D eigenvalue weighted by molar-refractivity contribution is -0.274. The SMILES string of the molecule is Cc1cc2nn(CC3CCN(C(=O)c4ccc(OC(F)(F)F)cc4)CC3)cc2cc1C(=O)CCCN1CCOCC1. The van der Waals surface area contributed by atoms with Gasteiger partial charge in [-0.15, -0.1) is 13.2 Å². The smallest absolute Gasteiger partial charge is 0.406 e. The molecule has 0 spiro atoms. The lowest BCUT2D eigenvalue weighted by Crippen LogP contribution is -2.39. The zero-order chi connectivity index (χ0) is 29.0. The second-order valence-electron chi connectivity index (χ2n) is 10.9. The number of morpholine rings is 1. The van der Waals surface area contributed by atoms with Crippen molar-refractivity contribution in [2.24, 2.45) is 5.92 Å². The Morgan fingerprint density at radius 1 is 1.05 bits per heavy atom. The third kappa shape index (κ3) is 7.65. The van der Waals surface area contributed by atoms with Crippen LogP contribution in [0.3, 0.4) is 0 Å². The number of hydrogen-bond acceptors (Lipinski definition) is 6. The van der Waals surface area contributed by atoms with Crippen molar-refractivity contribution in [2.75, 3.05) is 45.9 Å². The summed E-state index contributed by atoms with van der Waals surface area (Å²) < 4.78 is 48.4. The summed E-state index contributed by atoms with van der Waals surface area (Å²) in [6.07, 6.45) is 0.151. The first-order chi connectivity index (χ1) is 19.6. The number of aromatic nitrogens is 2. The third-order valence-corrected chi connectivity index (χ3v) is 7.86. The molecule has 2 aliphatic heterocycles. The molecule has 1 aromatic heterocycles. The Labute approximate surface area is 237 Å². The van der Waals surface area contributed by atoms with Crippen molar-refractivity contribution in [2.45, 2.75) is 45.5 Å². The highest BCUT2D eigenvalue weighted by Crippen LogP contribution is 2.26. The number of ether oxygens (including phenoxy) is 2. The molecule has 0 unspecified atom stereocenters. The summed E-state index contributed by atoms with van der Waals surface area (Å²) >= 11 is 0. The van der Waals surface area contributed by atoms with Crippen LogP contribution in [0.15, 0.2) is 42.6 Å². The van der Waals surface area contributed by atoms with Crippen LogP contribution in [0, 0.1) is 12.8 Å². The fourth-order valence-electron chi connectivity index (χ4n) is 5.61. The summed E-state index contributed by atoms with van der Waals surface area (Å²) in [5.41, 5.74) is 2.88. The summed E-state index contributed by atoms with van der Waals surface area (Å²) in [5, 5.41) is 5.68. The standard InChI is InChI=1S/C30H35F3N4O4/c1-21-17-27-24(18-26(21)28(38)3-2-10-35-13-15-40-16-14-35)20-37(34-27)19-22-8-11-36(12-9-22)29(39)23-4-6-25(7-5-23)41-30(31,32)33/h4-7,17-18,20,22H,2-3,8-16,19H2,1H3. The molecular weight excluding hydrogens is 537 g/mol. The largest absolute Gasteiger partial charge is 0.573 e. The van der Waals surface area contributed by atoms with Gasteiger partial charge in [-0.2, -0.15) is 5.10 Å². The molecule has 41 heavy (non-hydrogen) atoms. The molecule has 0 N–H and O–H groups in total. The van der Waals surface area contributed by atoms with Crippen LogP contribution >= 0.6 is 0 Å². The van der Waals surface area contributed by atoms with Gasteiger partial charge in [0, 0.05) is 61.9 Å². The van der Waals surface area contributed by atoms with Crippen molar-refractivity contribution >= 4 is 22.6 Å². The van der Waals surface area contributed by atoms with Crippen LogP contribution in [-0.4, -0.2) is 83.6 Å². The van der Waals surface area contributed by atoms with E-state index >= 15 is 0 Å². The van der Waals surface area contributed by atoms with Crippen molar-refractivity contribution in [3.05, 3.63) is 59.3 Å². The van der Waals surface area contributed by atoms with Crippen LogP contribution in [0.4, 0.5) is 13.2 Å². The first-order valence-corrected chi connectivity index (χ1v) is 14.1. The highest BCUT2D eigenvalue weighted by molar-refractivity contribution is 6.00. The molecule has 2 fully saturated rings. The highest BCUT2D eigenvalue weighted by atomic mass is 19.4. The molecule has 0 saturated carbocycles. The number of carbonyl (C=O) groups excluding carboxylic acids is 2. The van der Waals surface area contributed by atoms with Crippen molar-refractivity contribution in [1.29, 1.82) is 0 Å². The van der Waals surface area contributed by atoms with Gasteiger partial charge in [0.25, 0.3) is 5.91 Å². The number of aryl methyl sites for hydroxylation is 1. The summed E-state index contributed by atoms with van der Waals surface area (Å²) in [5.74, 6) is -0.0671. The second-order valence-corrected chi connectivity index (χ2v) is 10.9. The lowest BCUT2D eigenvalue weighted by atomic mass is 9.96. The van der Waals surface area contributed by atoms with E-state index in [1.54, 1.807) is 4.90 Å². The van der Waals surface area contributed by atoms with Crippen LogP contribution in [0.25, 0.3) is 10.9 Å². The normalized spacial score (nSPS) is 17.2. The number of rotatable bonds is 9. The molecule has 0 bridgehead atoms. The zero-order valence-corrected chi connectivity index (χ0v) is 23.2. The third-order valence-electron chi connectivity index (χ3n) is 7.86. The molecule has 1 amide bonds. The number of benzene rings is 2. The molecule has 2 saturated heterocycles. The zero-order valence-electron chi connectivity index (χ0n) is 23.2. The number of halogens is 3. The van der Waals surface area contributed by atoms with Crippen molar-refractivity contribution in [3.8, 4) is 5.75 Å². The van der Waals surface area contributed by atoms with E-state index in [0.29, 0.717) is 37.5 Å². The van der Waals surface area contributed by atoms with Crippen LogP contribution in [-0.2, 0) is 11.3 Å². The maximum atomic E-state index is 13.0. The predicted octanol–water partition coefficient (Wildman–Crippen LogP) is 5.09. The minimum absolute atomic E-state index is 0.157. The molecule has 220 valence electrons. The number of hydrogen-bond donors (Lipinski definition) is 0. The number of Topliss-reactive ketones (excluding diaryl/α,β-unsaturated/α-hetero) is 1. The summed E-state index contributed by atoms with van der Waals surface area (Å²) in [6, 6.07) is 8.96. The number of amides is 1. The first-order valence-electron chi connectivity index (χ1n) is 14.1. The van der Waals surface area contributed by atoms with E-state index in [2.05, 4.69) is 9.64 Å². The molecule has 0 radical (unpaired) electrons. The number of ketones is 1. The number of nitrogens with zero attached hydrogens (tertiary/aromatic N) is 4.